The second-order valence-corrected chi connectivity index (χ2v) is 7.73. The Bertz CT molecular complexity index is 1060. The second kappa shape index (κ2) is 13.1. The molecule has 0 aliphatic heterocycles. The molecule has 1 amide bonds. The third kappa shape index (κ3) is 7.79. The van der Waals surface area contributed by atoms with Crippen molar-refractivity contribution in [1.82, 2.24) is 14.9 Å². The highest BCUT2D eigenvalue weighted by Gasteiger charge is 2.11. The highest BCUT2D eigenvalue weighted by Crippen LogP contribution is 2.25. The lowest BCUT2D eigenvalue weighted by Gasteiger charge is -2.13. The van der Waals surface area contributed by atoms with Gasteiger partial charge in [0.2, 0.25) is 5.91 Å². The van der Waals surface area contributed by atoms with Gasteiger partial charge in [-0.25, -0.2) is 4.98 Å². The maximum atomic E-state index is 12.9. The van der Waals surface area contributed by atoms with Crippen LogP contribution in [-0.4, -0.2) is 41.7 Å². The van der Waals surface area contributed by atoms with Crippen LogP contribution in [0, 0.1) is 0 Å². The molecule has 0 saturated heterocycles. The molecule has 1 heterocycles. The number of carbonyl (C=O) groups is 2. The Labute approximate surface area is 194 Å². The highest BCUT2D eigenvalue weighted by molar-refractivity contribution is 5.94. The number of carbonyl (C=O) groups excluding carboxylic acids is 2. The molecular formula is C26H31N3O4. The summed E-state index contributed by atoms with van der Waals surface area (Å²) in [5.41, 5.74) is 0.587. The predicted octanol–water partition coefficient (Wildman–Crippen LogP) is 4.28. The first kappa shape index (κ1) is 24.0. The molecule has 0 saturated carbocycles. The van der Waals surface area contributed by atoms with E-state index in [1.54, 1.807) is 12.5 Å². The van der Waals surface area contributed by atoms with Gasteiger partial charge in [0.15, 0.2) is 0 Å². The van der Waals surface area contributed by atoms with Crippen LogP contribution in [0.5, 0.6) is 5.75 Å². The minimum atomic E-state index is -0.214. The molecule has 0 spiro atoms. The van der Waals surface area contributed by atoms with Crippen molar-refractivity contribution in [2.24, 2.45) is 0 Å². The number of ether oxygens (including phenoxy) is 2. The monoisotopic (exact) mass is 449 g/mol. The molecule has 0 radical (unpaired) electrons. The minimum Gasteiger partial charge on any atom is -0.488 e. The zero-order valence-electron chi connectivity index (χ0n) is 19.0. The number of hydrogen-bond acceptors (Lipinski definition) is 5. The predicted molar refractivity (Wildman–Crippen MR) is 128 cm³/mol. The third-order valence-corrected chi connectivity index (χ3v) is 5.32. The lowest BCUT2D eigenvalue weighted by atomic mass is 10.1. The Kier molecular flexibility index (Phi) is 9.51. The van der Waals surface area contributed by atoms with E-state index in [1.165, 1.54) is 7.11 Å². The van der Waals surface area contributed by atoms with E-state index in [-0.39, 0.29) is 18.5 Å². The number of esters is 1. The van der Waals surface area contributed by atoms with Gasteiger partial charge in [-0.05, 0) is 37.1 Å². The lowest BCUT2D eigenvalue weighted by Crippen LogP contribution is -2.29. The number of aromatic nitrogens is 2. The normalized spacial score (nSPS) is 11.4. The van der Waals surface area contributed by atoms with Crippen LogP contribution in [0.3, 0.4) is 0 Å². The maximum absolute atomic E-state index is 12.9. The van der Waals surface area contributed by atoms with Crippen molar-refractivity contribution in [2.75, 3.05) is 20.3 Å². The Morgan fingerprint density at radius 1 is 1.09 bits per heavy atom. The summed E-state index contributed by atoms with van der Waals surface area (Å²) >= 11 is 0. The average molecular weight is 450 g/mol. The molecule has 0 unspecified atom stereocenters. The molecule has 0 fully saturated rings. The Hall–Kier alpha value is -3.61. The van der Waals surface area contributed by atoms with Crippen molar-refractivity contribution in [2.45, 2.75) is 38.6 Å². The molecule has 0 atom stereocenters. The molecular weight excluding hydrogens is 418 g/mol. The van der Waals surface area contributed by atoms with Crippen LogP contribution in [-0.2, 0) is 20.9 Å². The number of fused-ring (bicyclic) bond motifs is 1. The van der Waals surface area contributed by atoms with E-state index in [1.807, 2.05) is 59.3 Å². The molecule has 0 bridgehead atoms. The summed E-state index contributed by atoms with van der Waals surface area (Å²) in [7, 11) is 1.39. The van der Waals surface area contributed by atoms with Gasteiger partial charge in [0.1, 0.15) is 12.4 Å². The Morgan fingerprint density at radius 3 is 2.76 bits per heavy atom. The summed E-state index contributed by atoms with van der Waals surface area (Å²) in [6.45, 7) is 1.53. The number of nitrogens with one attached hydrogen (secondary N) is 1. The van der Waals surface area contributed by atoms with E-state index in [4.69, 9.17) is 4.74 Å². The van der Waals surface area contributed by atoms with Crippen LogP contribution >= 0.6 is 0 Å². The van der Waals surface area contributed by atoms with Gasteiger partial charge in [0, 0.05) is 37.3 Å². The number of aryl methyl sites for hydroxylation is 1. The Balaban J connectivity index is 1.57. The van der Waals surface area contributed by atoms with Crippen LogP contribution in [0.25, 0.3) is 10.8 Å². The standard InChI is InChI=1S/C26H31N3O4/c1-32-25(30)14-4-2-3-10-22(26(31)28-15-8-17-29-18-16-27-20-29)19-33-24-13-7-11-21-9-5-6-12-23(21)24/h5-7,9-13,16,18,20H,2-4,8,14-15,17,19H2,1H3,(H,28,31). The zero-order chi connectivity index (χ0) is 23.3. The molecule has 2 aromatic carbocycles. The van der Waals surface area contributed by atoms with Gasteiger partial charge in [-0.1, -0.05) is 42.5 Å². The molecule has 3 aromatic rings. The van der Waals surface area contributed by atoms with Crippen LogP contribution in [0.1, 0.15) is 32.1 Å². The summed E-state index contributed by atoms with van der Waals surface area (Å²) in [4.78, 5) is 28.2. The van der Waals surface area contributed by atoms with Gasteiger partial charge in [-0.2, -0.15) is 0 Å². The number of rotatable bonds is 13. The number of imidazole rings is 1. The third-order valence-electron chi connectivity index (χ3n) is 5.32. The van der Waals surface area contributed by atoms with Crippen molar-refractivity contribution < 1.29 is 19.1 Å². The van der Waals surface area contributed by atoms with Gasteiger partial charge in [0.05, 0.1) is 19.0 Å². The van der Waals surface area contributed by atoms with Crippen molar-refractivity contribution >= 4 is 22.6 Å². The summed E-state index contributed by atoms with van der Waals surface area (Å²) < 4.78 is 12.7. The first-order valence-corrected chi connectivity index (χ1v) is 11.3. The summed E-state index contributed by atoms with van der Waals surface area (Å²) in [6.07, 6.45) is 10.7. The van der Waals surface area contributed by atoms with Crippen molar-refractivity contribution in [3.63, 3.8) is 0 Å². The van der Waals surface area contributed by atoms with Crippen molar-refractivity contribution in [3.8, 4) is 5.75 Å². The molecule has 3 rings (SSSR count). The number of nitrogens with zero attached hydrogens (tertiary/aromatic N) is 2. The zero-order valence-corrected chi connectivity index (χ0v) is 19.0. The average Bonchev–Trinajstić information content (AvgIpc) is 3.36. The van der Waals surface area contributed by atoms with E-state index in [0.29, 0.717) is 31.4 Å². The fourth-order valence-corrected chi connectivity index (χ4v) is 3.48. The van der Waals surface area contributed by atoms with E-state index >= 15 is 0 Å². The van der Waals surface area contributed by atoms with E-state index < -0.39 is 0 Å². The van der Waals surface area contributed by atoms with Crippen LogP contribution in [0.2, 0.25) is 0 Å². The molecule has 0 aliphatic rings. The quantitative estimate of drug-likeness (QED) is 0.239. The van der Waals surface area contributed by atoms with Crippen molar-refractivity contribution in [1.29, 1.82) is 0 Å². The molecule has 174 valence electrons. The van der Waals surface area contributed by atoms with Gasteiger partial charge in [-0.3, -0.25) is 9.59 Å². The smallest absolute Gasteiger partial charge is 0.305 e. The van der Waals surface area contributed by atoms with Gasteiger partial charge in [0.25, 0.3) is 0 Å². The first-order chi connectivity index (χ1) is 16.2. The first-order valence-electron chi connectivity index (χ1n) is 11.3. The molecule has 33 heavy (non-hydrogen) atoms. The van der Waals surface area contributed by atoms with E-state index in [0.717, 1.165) is 35.9 Å². The molecule has 7 heteroatoms. The number of amides is 1. The number of benzene rings is 2. The Morgan fingerprint density at radius 2 is 1.94 bits per heavy atom. The molecule has 7 nitrogen and oxygen atoms in total. The number of allylic oxidation sites excluding steroid dienone is 1. The topological polar surface area (TPSA) is 82.5 Å². The summed E-state index contributed by atoms with van der Waals surface area (Å²) in [5, 5.41) is 5.09. The fourth-order valence-electron chi connectivity index (χ4n) is 3.48. The minimum absolute atomic E-state index is 0.131. The van der Waals surface area contributed by atoms with Crippen molar-refractivity contribution in [3.05, 3.63) is 72.8 Å². The highest BCUT2D eigenvalue weighted by atomic mass is 16.5. The van der Waals surface area contributed by atoms with Crippen LogP contribution in [0.15, 0.2) is 72.8 Å². The summed E-state index contributed by atoms with van der Waals surface area (Å²) in [6, 6.07) is 13.9. The number of methoxy groups -OCH3 is 1. The largest absolute Gasteiger partial charge is 0.488 e. The van der Waals surface area contributed by atoms with Gasteiger partial charge < -0.3 is 19.4 Å². The van der Waals surface area contributed by atoms with Gasteiger partial charge >= 0.3 is 5.97 Å². The summed E-state index contributed by atoms with van der Waals surface area (Å²) in [5.74, 6) is 0.403. The van der Waals surface area contributed by atoms with Crippen LogP contribution in [0.4, 0.5) is 0 Å². The molecule has 1 aromatic heterocycles. The van der Waals surface area contributed by atoms with E-state index in [9.17, 15) is 9.59 Å². The maximum Gasteiger partial charge on any atom is 0.305 e. The van der Waals surface area contributed by atoms with Gasteiger partial charge in [-0.15, -0.1) is 0 Å². The SMILES string of the molecule is COC(=O)CCCCC=C(COc1cccc2ccccc12)C(=O)NCCCn1ccnc1. The van der Waals surface area contributed by atoms with E-state index in [2.05, 4.69) is 15.0 Å². The molecule has 0 aliphatic carbocycles. The molecule has 1 N–H and O–H groups in total. The number of unbranched alkanes of at least 4 members (excludes halogenated alkanes) is 2. The second-order valence-electron chi connectivity index (χ2n) is 7.73. The van der Waals surface area contributed by atoms with Crippen LogP contribution < -0.4 is 10.1 Å². The lowest BCUT2D eigenvalue weighted by molar-refractivity contribution is -0.140. The number of hydrogen-bond donors (Lipinski definition) is 1. The fraction of sp³-hybridized carbons (Fsp3) is 0.346.